The normalized spacial score (nSPS) is 16.9. The zero-order chi connectivity index (χ0) is 14.7. The number of thioether (sulfide) groups is 1. The fourth-order valence-corrected chi connectivity index (χ4v) is 3.30. The van der Waals surface area contributed by atoms with Gasteiger partial charge in [0, 0.05) is 0 Å². The molecule has 1 N–H and O–H groups in total. The molecule has 4 nitrogen and oxygen atoms in total. The van der Waals surface area contributed by atoms with Gasteiger partial charge in [0.1, 0.15) is 28.8 Å². The zero-order valence-electron chi connectivity index (χ0n) is 11.8. The number of benzene rings is 1. The molecule has 0 saturated heterocycles. The molecular formula is C16H16N4S. The molecule has 1 unspecified atom stereocenters. The van der Waals surface area contributed by atoms with Crippen molar-refractivity contribution in [3.63, 3.8) is 0 Å². The Bertz CT molecular complexity index is 693. The van der Waals surface area contributed by atoms with Crippen LogP contribution in [0.5, 0.6) is 0 Å². The van der Waals surface area contributed by atoms with Crippen molar-refractivity contribution in [1.82, 2.24) is 9.97 Å². The predicted octanol–water partition coefficient (Wildman–Crippen LogP) is 3.56. The van der Waals surface area contributed by atoms with Crippen LogP contribution in [0.3, 0.4) is 0 Å². The molecule has 2 aromatic rings. The molecule has 106 valence electrons. The van der Waals surface area contributed by atoms with E-state index in [2.05, 4.69) is 45.6 Å². The summed E-state index contributed by atoms with van der Waals surface area (Å²) in [6.45, 7) is 0. The highest BCUT2D eigenvalue weighted by Gasteiger charge is 2.21. The molecule has 0 aliphatic heterocycles. The highest BCUT2D eigenvalue weighted by Crippen LogP contribution is 2.33. The number of hydrogen-bond donors (Lipinski definition) is 1. The van der Waals surface area contributed by atoms with Gasteiger partial charge in [-0.15, -0.1) is 11.8 Å². The summed E-state index contributed by atoms with van der Waals surface area (Å²) in [5, 5.41) is 13.5. The number of nitriles is 1. The summed E-state index contributed by atoms with van der Waals surface area (Å²) in [6, 6.07) is 10.9. The molecular weight excluding hydrogens is 280 g/mol. The number of fused-ring (bicyclic) bond motifs is 1. The summed E-state index contributed by atoms with van der Waals surface area (Å²) in [5.41, 5.74) is 3.24. The second kappa shape index (κ2) is 6.15. The maximum Gasteiger partial charge on any atom is 0.149 e. The average molecular weight is 296 g/mol. The summed E-state index contributed by atoms with van der Waals surface area (Å²) in [4.78, 5) is 8.42. The third-order valence-electron chi connectivity index (χ3n) is 3.80. The predicted molar refractivity (Wildman–Crippen MR) is 84.3 cm³/mol. The van der Waals surface area contributed by atoms with E-state index in [0.29, 0.717) is 11.4 Å². The Balaban J connectivity index is 1.94. The third kappa shape index (κ3) is 2.72. The van der Waals surface area contributed by atoms with Crippen LogP contribution in [0.15, 0.2) is 35.6 Å². The van der Waals surface area contributed by atoms with Crippen molar-refractivity contribution >= 4 is 17.6 Å². The summed E-state index contributed by atoms with van der Waals surface area (Å²) in [6.07, 6.45) is 6.77. The Morgan fingerprint density at radius 1 is 1.33 bits per heavy atom. The first-order valence-corrected chi connectivity index (χ1v) is 8.19. The summed E-state index contributed by atoms with van der Waals surface area (Å²) >= 11 is 1.47. The first-order valence-electron chi connectivity index (χ1n) is 6.97. The van der Waals surface area contributed by atoms with Crippen molar-refractivity contribution in [3.8, 4) is 6.07 Å². The van der Waals surface area contributed by atoms with Crippen LogP contribution in [0.1, 0.15) is 35.6 Å². The number of nitrogens with zero attached hydrogens (tertiary/aromatic N) is 3. The van der Waals surface area contributed by atoms with Crippen molar-refractivity contribution in [2.45, 2.75) is 30.3 Å². The minimum atomic E-state index is 0.214. The summed E-state index contributed by atoms with van der Waals surface area (Å²) < 4.78 is 0. The first-order chi connectivity index (χ1) is 10.3. The molecule has 0 amide bonds. The molecule has 1 aliphatic rings. The van der Waals surface area contributed by atoms with Gasteiger partial charge in [0.05, 0.1) is 6.04 Å². The molecule has 1 aliphatic carbocycles. The van der Waals surface area contributed by atoms with Gasteiger partial charge < -0.3 is 5.32 Å². The maximum absolute atomic E-state index is 9.37. The maximum atomic E-state index is 9.37. The molecule has 0 fully saturated rings. The SMILES string of the molecule is CSc1ncnc(NC2CCCc3ccccc32)c1C#N. The molecule has 0 spiro atoms. The molecule has 21 heavy (non-hydrogen) atoms. The van der Waals surface area contributed by atoms with E-state index in [4.69, 9.17) is 0 Å². The van der Waals surface area contributed by atoms with Gasteiger partial charge in [-0.25, -0.2) is 9.97 Å². The van der Waals surface area contributed by atoms with Gasteiger partial charge in [0.15, 0.2) is 0 Å². The number of hydrogen-bond acceptors (Lipinski definition) is 5. The second-order valence-electron chi connectivity index (χ2n) is 5.01. The standard InChI is InChI=1S/C16H16N4S/c1-21-16-13(9-17)15(18-10-19-16)20-14-8-4-6-11-5-2-3-7-12(11)14/h2-3,5,7,10,14H,4,6,8H2,1H3,(H,18,19,20). The van der Waals surface area contributed by atoms with Crippen molar-refractivity contribution < 1.29 is 0 Å². The lowest BCUT2D eigenvalue weighted by Gasteiger charge is -2.27. The largest absolute Gasteiger partial charge is 0.362 e. The van der Waals surface area contributed by atoms with Gasteiger partial charge in [-0.2, -0.15) is 5.26 Å². The summed E-state index contributed by atoms with van der Waals surface area (Å²) in [7, 11) is 0. The van der Waals surface area contributed by atoms with Gasteiger partial charge in [-0.05, 0) is 36.6 Å². The Kier molecular flexibility index (Phi) is 4.07. The van der Waals surface area contributed by atoms with Crippen LogP contribution < -0.4 is 5.32 Å². The Morgan fingerprint density at radius 3 is 3.00 bits per heavy atom. The first kappa shape index (κ1) is 13.9. The van der Waals surface area contributed by atoms with Gasteiger partial charge in [0.25, 0.3) is 0 Å². The Hall–Kier alpha value is -2.06. The van der Waals surface area contributed by atoms with E-state index >= 15 is 0 Å². The van der Waals surface area contributed by atoms with E-state index in [0.717, 1.165) is 24.3 Å². The van der Waals surface area contributed by atoms with Crippen molar-refractivity contribution in [3.05, 3.63) is 47.3 Å². The summed E-state index contributed by atoms with van der Waals surface area (Å²) in [5.74, 6) is 0.638. The van der Waals surface area contributed by atoms with Crippen LogP contribution in [0.4, 0.5) is 5.82 Å². The van der Waals surface area contributed by atoms with Gasteiger partial charge in [0.2, 0.25) is 0 Å². The Morgan fingerprint density at radius 2 is 2.19 bits per heavy atom. The van der Waals surface area contributed by atoms with E-state index in [9.17, 15) is 5.26 Å². The van der Waals surface area contributed by atoms with Crippen LogP contribution in [0.2, 0.25) is 0 Å². The molecule has 0 bridgehead atoms. The topological polar surface area (TPSA) is 61.6 Å². The lowest BCUT2D eigenvalue weighted by molar-refractivity contribution is 0.598. The minimum absolute atomic E-state index is 0.214. The van der Waals surface area contributed by atoms with Crippen molar-refractivity contribution in [2.75, 3.05) is 11.6 Å². The van der Waals surface area contributed by atoms with Crippen LogP contribution in [0, 0.1) is 11.3 Å². The molecule has 1 heterocycles. The fourth-order valence-electron chi connectivity index (χ4n) is 2.80. The monoisotopic (exact) mass is 296 g/mol. The zero-order valence-corrected chi connectivity index (χ0v) is 12.7. The van der Waals surface area contributed by atoms with Gasteiger partial charge >= 0.3 is 0 Å². The molecule has 5 heteroatoms. The average Bonchev–Trinajstić information content (AvgIpc) is 2.55. The highest BCUT2D eigenvalue weighted by atomic mass is 32.2. The molecule has 1 aromatic carbocycles. The number of anilines is 1. The lowest BCUT2D eigenvalue weighted by atomic mass is 9.88. The Labute approximate surface area is 128 Å². The fraction of sp³-hybridized carbons (Fsp3) is 0.312. The number of aromatic nitrogens is 2. The lowest BCUT2D eigenvalue weighted by Crippen LogP contribution is -2.18. The van der Waals surface area contributed by atoms with E-state index in [1.165, 1.54) is 29.2 Å². The van der Waals surface area contributed by atoms with Crippen molar-refractivity contribution in [2.24, 2.45) is 0 Å². The quantitative estimate of drug-likeness (QED) is 0.693. The molecule has 3 rings (SSSR count). The highest BCUT2D eigenvalue weighted by molar-refractivity contribution is 7.98. The van der Waals surface area contributed by atoms with Crippen LogP contribution in [-0.2, 0) is 6.42 Å². The minimum Gasteiger partial charge on any atom is -0.362 e. The van der Waals surface area contributed by atoms with E-state index < -0.39 is 0 Å². The van der Waals surface area contributed by atoms with Crippen LogP contribution in [0.25, 0.3) is 0 Å². The number of rotatable bonds is 3. The van der Waals surface area contributed by atoms with Crippen LogP contribution in [-0.4, -0.2) is 16.2 Å². The molecule has 1 aromatic heterocycles. The van der Waals surface area contributed by atoms with Crippen LogP contribution >= 0.6 is 11.8 Å². The molecule has 0 saturated carbocycles. The third-order valence-corrected chi connectivity index (χ3v) is 4.49. The molecule has 0 radical (unpaired) electrons. The smallest absolute Gasteiger partial charge is 0.149 e. The van der Waals surface area contributed by atoms with E-state index in [1.54, 1.807) is 0 Å². The van der Waals surface area contributed by atoms with Gasteiger partial charge in [-0.1, -0.05) is 24.3 Å². The second-order valence-corrected chi connectivity index (χ2v) is 5.80. The van der Waals surface area contributed by atoms with E-state index in [1.807, 2.05) is 6.26 Å². The van der Waals surface area contributed by atoms with E-state index in [-0.39, 0.29) is 6.04 Å². The van der Waals surface area contributed by atoms with Crippen molar-refractivity contribution in [1.29, 1.82) is 5.26 Å². The molecule has 1 atom stereocenters. The number of aryl methyl sites for hydroxylation is 1. The van der Waals surface area contributed by atoms with Gasteiger partial charge in [-0.3, -0.25) is 0 Å². The number of nitrogens with one attached hydrogen (secondary N) is 1.